The predicted molar refractivity (Wildman–Crippen MR) is 79.6 cm³/mol. The average Bonchev–Trinajstić information content (AvgIpc) is 2.50. The minimum atomic E-state index is -0.164. The molecule has 2 bridgehead atoms. The quantitative estimate of drug-likeness (QED) is 0.773. The van der Waals surface area contributed by atoms with E-state index in [2.05, 4.69) is 31.2 Å². The number of hydrogen-bond acceptors (Lipinski definition) is 2. The molecule has 3 saturated carbocycles. The first-order valence-electron chi connectivity index (χ1n) is 7.85. The van der Waals surface area contributed by atoms with Crippen LogP contribution in [-0.2, 0) is 14.9 Å². The summed E-state index contributed by atoms with van der Waals surface area (Å²) in [5.41, 5.74) is 2.95. The second-order valence-electron chi connectivity index (χ2n) is 6.65. The fourth-order valence-corrected chi connectivity index (χ4v) is 4.12. The Morgan fingerprint density at radius 3 is 2.10 bits per heavy atom. The van der Waals surface area contributed by atoms with E-state index in [0.29, 0.717) is 12.0 Å². The van der Waals surface area contributed by atoms with Gasteiger partial charge in [0.25, 0.3) is 0 Å². The summed E-state index contributed by atoms with van der Waals surface area (Å²) >= 11 is 0. The number of carbonyl (C=O) groups excluding carboxylic acids is 1. The third-order valence-corrected chi connectivity index (χ3v) is 5.62. The molecule has 1 aromatic rings. The molecule has 0 unspecified atom stereocenters. The Balaban J connectivity index is 1.80. The van der Waals surface area contributed by atoms with Crippen molar-refractivity contribution in [3.63, 3.8) is 0 Å². The molecule has 20 heavy (non-hydrogen) atoms. The van der Waals surface area contributed by atoms with Crippen molar-refractivity contribution in [2.45, 2.75) is 57.8 Å². The molecular weight excluding hydrogens is 248 g/mol. The van der Waals surface area contributed by atoms with Gasteiger partial charge < -0.3 is 4.74 Å². The van der Waals surface area contributed by atoms with Crippen molar-refractivity contribution in [3.05, 3.63) is 35.4 Å². The molecule has 0 atom stereocenters. The highest BCUT2D eigenvalue weighted by Gasteiger charge is 2.53. The van der Waals surface area contributed by atoms with E-state index in [1.54, 1.807) is 0 Å². The van der Waals surface area contributed by atoms with E-state index in [1.165, 1.54) is 11.1 Å². The van der Waals surface area contributed by atoms with Gasteiger partial charge in [-0.15, -0.1) is 0 Å². The molecule has 2 nitrogen and oxygen atoms in total. The maximum absolute atomic E-state index is 12.2. The standard InChI is InChI=1S/C18H24O2/c1-3-20-16(19)18-11-8-17(9-12-18,10-13-18)15-6-4-14(2)5-7-15/h4-7H,3,8-13H2,1-2H3. The number of ether oxygens (including phenoxy) is 1. The molecule has 4 rings (SSSR count). The van der Waals surface area contributed by atoms with Gasteiger partial charge in [0.15, 0.2) is 0 Å². The van der Waals surface area contributed by atoms with Crippen LogP contribution in [0.15, 0.2) is 24.3 Å². The summed E-state index contributed by atoms with van der Waals surface area (Å²) in [5.74, 6) is 0.0530. The topological polar surface area (TPSA) is 26.3 Å². The molecule has 0 saturated heterocycles. The zero-order valence-electron chi connectivity index (χ0n) is 12.6. The normalized spacial score (nSPS) is 32.1. The maximum atomic E-state index is 12.2. The number of aryl methyl sites for hydroxylation is 1. The molecule has 0 aliphatic heterocycles. The first-order chi connectivity index (χ1) is 9.60. The average molecular weight is 272 g/mol. The molecule has 0 radical (unpaired) electrons. The Labute approximate surface area is 121 Å². The van der Waals surface area contributed by atoms with E-state index < -0.39 is 0 Å². The van der Waals surface area contributed by atoms with Gasteiger partial charge in [-0.2, -0.15) is 0 Å². The molecule has 3 aliphatic rings. The van der Waals surface area contributed by atoms with Gasteiger partial charge in [0.2, 0.25) is 0 Å². The zero-order chi connectivity index (χ0) is 14.2. The fraction of sp³-hybridized carbons (Fsp3) is 0.611. The van der Waals surface area contributed by atoms with Crippen molar-refractivity contribution in [3.8, 4) is 0 Å². The molecule has 0 heterocycles. The van der Waals surface area contributed by atoms with Crippen molar-refractivity contribution in [2.24, 2.45) is 5.41 Å². The SMILES string of the molecule is CCOC(=O)C12CCC(c3ccc(C)cc3)(CC1)CC2. The van der Waals surface area contributed by atoms with Gasteiger partial charge in [-0.05, 0) is 63.4 Å². The van der Waals surface area contributed by atoms with Crippen molar-refractivity contribution in [1.29, 1.82) is 0 Å². The lowest BCUT2D eigenvalue weighted by molar-refractivity contribution is -0.162. The van der Waals surface area contributed by atoms with Gasteiger partial charge >= 0.3 is 5.97 Å². The summed E-state index contributed by atoms with van der Waals surface area (Å²) in [6.45, 7) is 4.54. The molecule has 1 aromatic carbocycles. The number of rotatable bonds is 3. The Hall–Kier alpha value is -1.31. The largest absolute Gasteiger partial charge is 0.466 e. The number of hydrogen-bond donors (Lipinski definition) is 0. The molecule has 0 N–H and O–H groups in total. The third-order valence-electron chi connectivity index (χ3n) is 5.62. The summed E-state index contributed by atoms with van der Waals surface area (Å²) < 4.78 is 5.32. The summed E-state index contributed by atoms with van der Waals surface area (Å²) in [6.07, 6.45) is 6.40. The minimum absolute atomic E-state index is 0.0530. The Morgan fingerprint density at radius 2 is 1.60 bits per heavy atom. The molecule has 0 amide bonds. The van der Waals surface area contributed by atoms with Crippen LogP contribution in [0.1, 0.15) is 56.6 Å². The van der Waals surface area contributed by atoms with E-state index in [1.807, 2.05) is 6.92 Å². The highest BCUT2D eigenvalue weighted by molar-refractivity contribution is 5.77. The highest BCUT2D eigenvalue weighted by atomic mass is 16.5. The van der Waals surface area contributed by atoms with Crippen molar-refractivity contribution < 1.29 is 9.53 Å². The van der Waals surface area contributed by atoms with Crippen LogP contribution in [0, 0.1) is 12.3 Å². The van der Waals surface area contributed by atoms with Gasteiger partial charge in [0.1, 0.15) is 0 Å². The number of esters is 1. The smallest absolute Gasteiger partial charge is 0.312 e. The molecule has 2 heteroatoms. The summed E-state index contributed by atoms with van der Waals surface area (Å²) in [5, 5.41) is 0. The summed E-state index contributed by atoms with van der Waals surface area (Å²) in [4.78, 5) is 12.2. The number of benzene rings is 1. The Bertz CT molecular complexity index is 476. The molecular formula is C18H24O2. The second-order valence-corrected chi connectivity index (χ2v) is 6.65. The van der Waals surface area contributed by atoms with Crippen LogP contribution in [0.4, 0.5) is 0 Å². The van der Waals surface area contributed by atoms with Gasteiger partial charge in [0.05, 0.1) is 12.0 Å². The highest BCUT2D eigenvalue weighted by Crippen LogP contribution is 2.58. The number of fused-ring (bicyclic) bond motifs is 3. The van der Waals surface area contributed by atoms with Crippen molar-refractivity contribution in [2.75, 3.05) is 6.61 Å². The van der Waals surface area contributed by atoms with Gasteiger partial charge in [-0.25, -0.2) is 0 Å². The third kappa shape index (κ3) is 2.06. The van der Waals surface area contributed by atoms with E-state index in [9.17, 15) is 4.79 Å². The zero-order valence-corrected chi connectivity index (χ0v) is 12.6. The lowest BCUT2D eigenvalue weighted by Gasteiger charge is -2.52. The fourth-order valence-electron chi connectivity index (χ4n) is 4.12. The monoisotopic (exact) mass is 272 g/mol. The van der Waals surface area contributed by atoms with Crippen LogP contribution in [0.25, 0.3) is 0 Å². The van der Waals surface area contributed by atoms with E-state index in [-0.39, 0.29) is 11.4 Å². The van der Waals surface area contributed by atoms with Crippen LogP contribution >= 0.6 is 0 Å². The van der Waals surface area contributed by atoms with E-state index >= 15 is 0 Å². The first kappa shape index (κ1) is 13.7. The molecule has 3 aliphatic carbocycles. The summed E-state index contributed by atoms with van der Waals surface area (Å²) in [7, 11) is 0. The molecule has 0 spiro atoms. The lowest BCUT2D eigenvalue weighted by atomic mass is 9.52. The molecule has 3 fully saturated rings. The van der Waals surface area contributed by atoms with Gasteiger partial charge in [-0.1, -0.05) is 29.8 Å². The van der Waals surface area contributed by atoms with Crippen LogP contribution in [0.5, 0.6) is 0 Å². The van der Waals surface area contributed by atoms with E-state index in [4.69, 9.17) is 4.74 Å². The van der Waals surface area contributed by atoms with Crippen LogP contribution in [0.3, 0.4) is 0 Å². The Kier molecular flexibility index (Phi) is 3.35. The lowest BCUT2D eigenvalue weighted by Crippen LogP contribution is -2.48. The molecule has 108 valence electrons. The van der Waals surface area contributed by atoms with Crippen molar-refractivity contribution in [1.82, 2.24) is 0 Å². The Morgan fingerprint density at radius 1 is 1.05 bits per heavy atom. The van der Waals surface area contributed by atoms with Gasteiger partial charge in [0, 0.05) is 0 Å². The summed E-state index contributed by atoms with van der Waals surface area (Å²) in [6, 6.07) is 9.01. The van der Waals surface area contributed by atoms with Crippen LogP contribution in [-0.4, -0.2) is 12.6 Å². The van der Waals surface area contributed by atoms with Crippen LogP contribution < -0.4 is 0 Å². The molecule has 0 aromatic heterocycles. The van der Waals surface area contributed by atoms with E-state index in [0.717, 1.165) is 38.5 Å². The predicted octanol–water partition coefficient (Wildman–Crippen LogP) is 4.15. The van der Waals surface area contributed by atoms with Crippen LogP contribution in [0.2, 0.25) is 0 Å². The van der Waals surface area contributed by atoms with Crippen molar-refractivity contribution >= 4 is 5.97 Å². The van der Waals surface area contributed by atoms with Gasteiger partial charge in [-0.3, -0.25) is 4.79 Å². The minimum Gasteiger partial charge on any atom is -0.466 e. The second kappa shape index (κ2) is 4.91. The maximum Gasteiger partial charge on any atom is 0.312 e. The number of carbonyl (C=O) groups is 1. The first-order valence-corrected chi connectivity index (χ1v) is 7.85.